The fourth-order valence-corrected chi connectivity index (χ4v) is 3.81. The van der Waals surface area contributed by atoms with Gasteiger partial charge < -0.3 is 9.73 Å². The SMILES string of the molecule is Cc1ccc2nc(CCCNC(=O)C[C@H]3CCc4ccccc43)oc2c1. The lowest BCUT2D eigenvalue weighted by atomic mass is 9.97. The van der Waals surface area contributed by atoms with Crippen LogP contribution < -0.4 is 5.32 Å². The molecule has 1 aliphatic carbocycles. The first-order chi connectivity index (χ1) is 12.7. The van der Waals surface area contributed by atoms with Gasteiger partial charge in [0.2, 0.25) is 5.91 Å². The molecule has 0 fully saturated rings. The van der Waals surface area contributed by atoms with Crippen molar-refractivity contribution in [3.63, 3.8) is 0 Å². The van der Waals surface area contributed by atoms with Crippen LogP contribution in [-0.4, -0.2) is 17.4 Å². The van der Waals surface area contributed by atoms with Crippen LogP contribution in [0.2, 0.25) is 0 Å². The summed E-state index contributed by atoms with van der Waals surface area (Å²) in [7, 11) is 0. The summed E-state index contributed by atoms with van der Waals surface area (Å²) in [6, 6.07) is 14.5. The average molecular weight is 348 g/mol. The van der Waals surface area contributed by atoms with Crippen LogP contribution in [0.1, 0.15) is 47.8 Å². The first kappa shape index (κ1) is 16.8. The van der Waals surface area contributed by atoms with Crippen LogP contribution in [0, 0.1) is 6.92 Å². The third kappa shape index (κ3) is 3.64. The molecule has 0 unspecified atom stereocenters. The standard InChI is InChI=1S/C22H24N2O2/c1-15-8-11-19-20(13-15)26-22(24-19)7-4-12-23-21(25)14-17-10-9-16-5-2-3-6-18(16)17/h2-3,5-6,8,11,13,17H,4,7,9-10,12,14H2,1H3,(H,23,25)/t17-/m1/s1. The Bertz CT molecular complexity index is 929. The number of carbonyl (C=O) groups excluding carboxylic acids is 1. The Hall–Kier alpha value is -2.62. The van der Waals surface area contributed by atoms with E-state index in [4.69, 9.17) is 4.42 Å². The number of rotatable bonds is 6. The zero-order valence-corrected chi connectivity index (χ0v) is 15.1. The van der Waals surface area contributed by atoms with Crippen LogP contribution in [0.25, 0.3) is 11.1 Å². The Labute approximate surface area is 153 Å². The van der Waals surface area contributed by atoms with Gasteiger partial charge in [-0.15, -0.1) is 0 Å². The molecule has 4 heteroatoms. The van der Waals surface area contributed by atoms with Crippen molar-refractivity contribution in [1.82, 2.24) is 10.3 Å². The maximum atomic E-state index is 12.2. The van der Waals surface area contributed by atoms with E-state index in [9.17, 15) is 4.79 Å². The van der Waals surface area contributed by atoms with Gasteiger partial charge in [0.05, 0.1) is 0 Å². The molecule has 0 bridgehead atoms. The molecule has 0 saturated heterocycles. The zero-order chi connectivity index (χ0) is 17.9. The molecule has 1 heterocycles. The van der Waals surface area contributed by atoms with Crippen LogP contribution in [0.5, 0.6) is 0 Å². The van der Waals surface area contributed by atoms with Crippen molar-refractivity contribution in [1.29, 1.82) is 0 Å². The molecule has 1 amide bonds. The van der Waals surface area contributed by atoms with E-state index in [1.807, 2.05) is 25.1 Å². The Morgan fingerprint density at radius 3 is 3.08 bits per heavy atom. The highest BCUT2D eigenvalue weighted by atomic mass is 16.3. The van der Waals surface area contributed by atoms with Crippen LogP contribution in [0.4, 0.5) is 0 Å². The minimum Gasteiger partial charge on any atom is -0.441 e. The van der Waals surface area contributed by atoms with Gasteiger partial charge in [-0.3, -0.25) is 4.79 Å². The number of nitrogens with one attached hydrogen (secondary N) is 1. The van der Waals surface area contributed by atoms with Gasteiger partial charge in [-0.2, -0.15) is 0 Å². The van der Waals surface area contributed by atoms with Crippen molar-refractivity contribution < 1.29 is 9.21 Å². The highest BCUT2D eigenvalue weighted by Gasteiger charge is 2.23. The number of carbonyl (C=O) groups is 1. The van der Waals surface area contributed by atoms with Crippen molar-refractivity contribution in [3.05, 3.63) is 65.0 Å². The summed E-state index contributed by atoms with van der Waals surface area (Å²) in [5.41, 5.74) is 5.65. The maximum absolute atomic E-state index is 12.2. The Morgan fingerprint density at radius 2 is 2.15 bits per heavy atom. The largest absolute Gasteiger partial charge is 0.441 e. The van der Waals surface area contributed by atoms with E-state index in [0.29, 0.717) is 18.9 Å². The number of oxazole rings is 1. The Morgan fingerprint density at radius 1 is 1.27 bits per heavy atom. The predicted octanol–water partition coefficient (Wildman–Crippen LogP) is 4.31. The number of fused-ring (bicyclic) bond motifs is 2. The van der Waals surface area contributed by atoms with Gasteiger partial charge >= 0.3 is 0 Å². The molecule has 2 aromatic carbocycles. The molecule has 134 valence electrons. The summed E-state index contributed by atoms with van der Waals surface area (Å²) in [6.45, 7) is 2.70. The first-order valence-corrected chi connectivity index (χ1v) is 9.39. The summed E-state index contributed by atoms with van der Waals surface area (Å²) < 4.78 is 5.78. The molecule has 0 spiro atoms. The zero-order valence-electron chi connectivity index (χ0n) is 15.1. The monoisotopic (exact) mass is 348 g/mol. The summed E-state index contributed by atoms with van der Waals surface area (Å²) >= 11 is 0. The average Bonchev–Trinajstić information content (AvgIpc) is 3.22. The summed E-state index contributed by atoms with van der Waals surface area (Å²) in [5, 5.41) is 3.05. The first-order valence-electron chi connectivity index (χ1n) is 9.39. The topological polar surface area (TPSA) is 55.1 Å². The molecule has 1 atom stereocenters. The Kier molecular flexibility index (Phi) is 4.74. The third-order valence-corrected chi connectivity index (χ3v) is 5.17. The van der Waals surface area contributed by atoms with Crippen LogP contribution in [0.3, 0.4) is 0 Å². The summed E-state index contributed by atoms with van der Waals surface area (Å²) in [6.07, 6.45) is 4.32. The lowest BCUT2D eigenvalue weighted by Crippen LogP contribution is -2.26. The second-order valence-corrected chi connectivity index (χ2v) is 7.17. The van der Waals surface area contributed by atoms with E-state index in [1.165, 1.54) is 16.7 Å². The third-order valence-electron chi connectivity index (χ3n) is 5.17. The van der Waals surface area contributed by atoms with E-state index in [1.54, 1.807) is 0 Å². The van der Waals surface area contributed by atoms with Crippen molar-refractivity contribution in [2.45, 2.75) is 44.9 Å². The Balaban J connectivity index is 1.24. The molecule has 0 radical (unpaired) electrons. The van der Waals surface area contributed by atoms with Crippen molar-refractivity contribution in [2.75, 3.05) is 6.54 Å². The maximum Gasteiger partial charge on any atom is 0.220 e. The van der Waals surface area contributed by atoms with E-state index < -0.39 is 0 Å². The van der Waals surface area contributed by atoms with Crippen molar-refractivity contribution >= 4 is 17.0 Å². The molecule has 0 aliphatic heterocycles. The highest BCUT2D eigenvalue weighted by Crippen LogP contribution is 2.35. The second-order valence-electron chi connectivity index (χ2n) is 7.17. The molecule has 1 aromatic heterocycles. The number of aromatic nitrogens is 1. The summed E-state index contributed by atoms with van der Waals surface area (Å²) in [4.78, 5) is 16.7. The van der Waals surface area contributed by atoms with Gasteiger partial charge in [0.15, 0.2) is 11.5 Å². The lowest BCUT2D eigenvalue weighted by Gasteiger charge is -2.11. The molecule has 4 nitrogen and oxygen atoms in total. The van der Waals surface area contributed by atoms with E-state index in [-0.39, 0.29) is 5.91 Å². The van der Waals surface area contributed by atoms with Gasteiger partial charge in [0.25, 0.3) is 0 Å². The number of nitrogens with zero attached hydrogens (tertiary/aromatic N) is 1. The second kappa shape index (κ2) is 7.32. The number of hydrogen-bond acceptors (Lipinski definition) is 3. The summed E-state index contributed by atoms with van der Waals surface area (Å²) in [5.74, 6) is 1.25. The normalized spacial score (nSPS) is 16.0. The molecule has 1 N–H and O–H groups in total. The minimum atomic E-state index is 0.139. The smallest absolute Gasteiger partial charge is 0.220 e. The van der Waals surface area contributed by atoms with Crippen LogP contribution >= 0.6 is 0 Å². The van der Waals surface area contributed by atoms with Gasteiger partial charge in [0, 0.05) is 19.4 Å². The van der Waals surface area contributed by atoms with E-state index in [2.05, 4.69) is 34.6 Å². The molecule has 4 rings (SSSR count). The van der Waals surface area contributed by atoms with Gasteiger partial charge in [-0.25, -0.2) is 4.98 Å². The fraction of sp³-hybridized carbons (Fsp3) is 0.364. The van der Waals surface area contributed by atoms with Crippen LogP contribution in [-0.2, 0) is 17.6 Å². The molecule has 1 aliphatic rings. The van der Waals surface area contributed by atoms with Crippen molar-refractivity contribution in [2.24, 2.45) is 0 Å². The van der Waals surface area contributed by atoms with E-state index >= 15 is 0 Å². The number of aryl methyl sites for hydroxylation is 3. The molecular formula is C22H24N2O2. The van der Waals surface area contributed by atoms with Gasteiger partial charge in [-0.1, -0.05) is 30.3 Å². The van der Waals surface area contributed by atoms with Gasteiger partial charge in [0.1, 0.15) is 5.52 Å². The number of hydrogen-bond donors (Lipinski definition) is 1. The minimum absolute atomic E-state index is 0.139. The quantitative estimate of drug-likeness (QED) is 0.676. The number of benzene rings is 2. The molecule has 26 heavy (non-hydrogen) atoms. The van der Waals surface area contributed by atoms with Gasteiger partial charge in [-0.05, 0) is 60.9 Å². The fourth-order valence-electron chi connectivity index (χ4n) is 3.81. The predicted molar refractivity (Wildman–Crippen MR) is 102 cm³/mol. The van der Waals surface area contributed by atoms with Crippen LogP contribution in [0.15, 0.2) is 46.9 Å². The van der Waals surface area contributed by atoms with Crippen molar-refractivity contribution in [3.8, 4) is 0 Å². The molecule has 3 aromatic rings. The van der Waals surface area contributed by atoms with E-state index in [0.717, 1.165) is 42.7 Å². The molecule has 0 saturated carbocycles. The lowest BCUT2D eigenvalue weighted by molar-refractivity contribution is -0.121. The highest BCUT2D eigenvalue weighted by molar-refractivity contribution is 5.77. The molecular weight excluding hydrogens is 324 g/mol. The number of amides is 1.